The standard InChI is InChI=1S/C19H21F3N2O3/c20-19(21,22)14-6-1-2-7-16(14)27-13-18(25)23-12-15(17-8-5-11-26-17)24-9-3-4-10-24/h1-2,5-8,11,15H,3-4,9-10,12-13H2,(H,23,25). The van der Waals surface area contributed by atoms with Gasteiger partial charge in [0.2, 0.25) is 0 Å². The molecule has 0 aliphatic carbocycles. The van der Waals surface area contributed by atoms with E-state index in [1.54, 1.807) is 12.3 Å². The van der Waals surface area contributed by atoms with Gasteiger partial charge in [0.05, 0.1) is 17.9 Å². The molecular formula is C19H21F3N2O3. The molecule has 1 aliphatic rings. The normalized spacial score (nSPS) is 16.3. The van der Waals surface area contributed by atoms with Crippen molar-refractivity contribution in [1.82, 2.24) is 10.2 Å². The molecule has 3 rings (SSSR count). The number of furan rings is 1. The highest BCUT2D eigenvalue weighted by molar-refractivity contribution is 5.77. The van der Waals surface area contributed by atoms with Crippen LogP contribution < -0.4 is 10.1 Å². The quantitative estimate of drug-likeness (QED) is 0.795. The number of carbonyl (C=O) groups excluding carboxylic acids is 1. The maximum Gasteiger partial charge on any atom is 0.419 e. The first-order chi connectivity index (χ1) is 12.9. The predicted molar refractivity (Wildman–Crippen MR) is 92.2 cm³/mol. The minimum atomic E-state index is -4.53. The van der Waals surface area contributed by atoms with Crippen LogP contribution in [0.4, 0.5) is 13.2 Å². The van der Waals surface area contributed by atoms with Crippen LogP contribution in [0.3, 0.4) is 0 Å². The molecule has 0 spiro atoms. The number of ether oxygens (including phenoxy) is 1. The first-order valence-corrected chi connectivity index (χ1v) is 8.78. The summed E-state index contributed by atoms with van der Waals surface area (Å²) >= 11 is 0. The average Bonchev–Trinajstić information content (AvgIpc) is 3.34. The molecule has 27 heavy (non-hydrogen) atoms. The second kappa shape index (κ2) is 8.47. The van der Waals surface area contributed by atoms with Crippen LogP contribution in [0.5, 0.6) is 5.75 Å². The Morgan fingerprint density at radius 2 is 1.93 bits per heavy atom. The second-order valence-corrected chi connectivity index (χ2v) is 6.36. The fourth-order valence-electron chi connectivity index (χ4n) is 3.18. The zero-order valence-corrected chi connectivity index (χ0v) is 14.7. The first kappa shape index (κ1) is 19.3. The van der Waals surface area contributed by atoms with Gasteiger partial charge >= 0.3 is 6.18 Å². The Morgan fingerprint density at radius 1 is 1.19 bits per heavy atom. The summed E-state index contributed by atoms with van der Waals surface area (Å²) in [5.41, 5.74) is -0.900. The summed E-state index contributed by atoms with van der Waals surface area (Å²) in [5, 5.41) is 2.73. The van der Waals surface area contributed by atoms with Crippen molar-refractivity contribution in [1.29, 1.82) is 0 Å². The summed E-state index contributed by atoms with van der Waals surface area (Å²) in [5.74, 6) is -0.0921. The molecule has 2 heterocycles. The van der Waals surface area contributed by atoms with Crippen molar-refractivity contribution in [3.63, 3.8) is 0 Å². The molecule has 1 fully saturated rings. The number of hydrogen-bond acceptors (Lipinski definition) is 4. The second-order valence-electron chi connectivity index (χ2n) is 6.36. The molecule has 1 aromatic heterocycles. The Morgan fingerprint density at radius 3 is 2.59 bits per heavy atom. The average molecular weight is 382 g/mol. The van der Waals surface area contributed by atoms with Crippen LogP contribution in [-0.4, -0.2) is 37.0 Å². The minimum Gasteiger partial charge on any atom is -0.483 e. The predicted octanol–water partition coefficient (Wildman–Crippen LogP) is 3.63. The zero-order chi connectivity index (χ0) is 19.3. The third-order valence-corrected chi connectivity index (χ3v) is 4.50. The summed E-state index contributed by atoms with van der Waals surface area (Å²) in [6.45, 7) is 1.64. The number of likely N-dealkylation sites (tertiary alicyclic amines) is 1. The summed E-state index contributed by atoms with van der Waals surface area (Å²) in [7, 11) is 0. The van der Waals surface area contributed by atoms with E-state index in [1.807, 2.05) is 6.07 Å². The van der Waals surface area contributed by atoms with Gasteiger partial charge in [-0.2, -0.15) is 13.2 Å². The molecule has 1 aromatic carbocycles. The zero-order valence-electron chi connectivity index (χ0n) is 14.7. The van der Waals surface area contributed by atoms with Gasteiger partial charge < -0.3 is 14.5 Å². The number of rotatable bonds is 7. The molecule has 0 bridgehead atoms. The molecule has 1 unspecified atom stereocenters. The van der Waals surface area contributed by atoms with Gasteiger partial charge in [-0.15, -0.1) is 0 Å². The molecule has 1 N–H and O–H groups in total. The van der Waals surface area contributed by atoms with Gasteiger partial charge in [0.15, 0.2) is 6.61 Å². The van der Waals surface area contributed by atoms with Crippen molar-refractivity contribution < 1.29 is 27.1 Å². The number of alkyl halides is 3. The van der Waals surface area contributed by atoms with E-state index in [0.29, 0.717) is 6.54 Å². The Labute approximate surface area is 155 Å². The van der Waals surface area contributed by atoms with Crippen molar-refractivity contribution in [3.05, 3.63) is 54.0 Å². The molecule has 0 saturated carbocycles. The van der Waals surface area contributed by atoms with E-state index in [-0.39, 0.29) is 11.8 Å². The molecule has 1 atom stereocenters. The number of para-hydroxylation sites is 1. The van der Waals surface area contributed by atoms with E-state index in [4.69, 9.17) is 9.15 Å². The van der Waals surface area contributed by atoms with Crippen molar-refractivity contribution in [2.45, 2.75) is 25.1 Å². The number of carbonyl (C=O) groups is 1. The molecule has 8 heteroatoms. The highest BCUT2D eigenvalue weighted by Crippen LogP contribution is 2.35. The maximum atomic E-state index is 13.0. The summed E-state index contributed by atoms with van der Waals surface area (Å²) in [4.78, 5) is 14.3. The van der Waals surface area contributed by atoms with Gasteiger partial charge in [0.25, 0.3) is 5.91 Å². The molecule has 1 aliphatic heterocycles. The molecule has 146 valence electrons. The monoisotopic (exact) mass is 382 g/mol. The lowest BCUT2D eigenvalue weighted by Gasteiger charge is -2.26. The van der Waals surface area contributed by atoms with Gasteiger partial charge in [-0.1, -0.05) is 12.1 Å². The lowest BCUT2D eigenvalue weighted by atomic mass is 10.2. The highest BCUT2D eigenvalue weighted by Gasteiger charge is 2.34. The molecule has 0 radical (unpaired) electrons. The molecule has 1 amide bonds. The van der Waals surface area contributed by atoms with Crippen LogP contribution in [0.1, 0.15) is 30.2 Å². The Kier molecular flexibility index (Phi) is 6.05. The SMILES string of the molecule is O=C(COc1ccccc1C(F)(F)F)NCC(c1ccco1)N1CCCC1. The maximum absolute atomic E-state index is 13.0. The van der Waals surface area contributed by atoms with Crippen LogP contribution in [0.25, 0.3) is 0 Å². The fourth-order valence-corrected chi connectivity index (χ4v) is 3.18. The van der Waals surface area contributed by atoms with Crippen LogP contribution >= 0.6 is 0 Å². The Bertz CT molecular complexity index is 741. The minimum absolute atomic E-state index is 0.103. The summed E-state index contributed by atoms with van der Waals surface area (Å²) in [6.07, 6.45) is -0.782. The smallest absolute Gasteiger partial charge is 0.419 e. The van der Waals surface area contributed by atoms with Crippen molar-refractivity contribution in [2.24, 2.45) is 0 Å². The van der Waals surface area contributed by atoms with Crippen LogP contribution in [0, 0.1) is 0 Å². The van der Waals surface area contributed by atoms with Crippen LogP contribution in [0.15, 0.2) is 47.1 Å². The topological polar surface area (TPSA) is 54.7 Å². The molecule has 5 nitrogen and oxygen atoms in total. The van der Waals surface area contributed by atoms with E-state index >= 15 is 0 Å². The number of hydrogen-bond donors (Lipinski definition) is 1. The van der Waals surface area contributed by atoms with Gasteiger partial charge in [-0.3, -0.25) is 9.69 Å². The third kappa shape index (κ3) is 5.03. The molecule has 2 aromatic rings. The van der Waals surface area contributed by atoms with E-state index < -0.39 is 24.3 Å². The fraction of sp³-hybridized carbons (Fsp3) is 0.421. The number of amides is 1. The number of benzene rings is 1. The molecule has 1 saturated heterocycles. The van der Waals surface area contributed by atoms with E-state index in [2.05, 4.69) is 10.2 Å². The van der Waals surface area contributed by atoms with E-state index in [9.17, 15) is 18.0 Å². The number of nitrogens with one attached hydrogen (secondary N) is 1. The molecular weight excluding hydrogens is 361 g/mol. The van der Waals surface area contributed by atoms with Gasteiger partial charge in [0, 0.05) is 6.54 Å². The van der Waals surface area contributed by atoms with Gasteiger partial charge in [-0.05, 0) is 50.2 Å². The number of nitrogens with zero attached hydrogens (tertiary/aromatic N) is 1. The largest absolute Gasteiger partial charge is 0.483 e. The number of halogens is 3. The lowest BCUT2D eigenvalue weighted by Crippen LogP contribution is -2.38. The van der Waals surface area contributed by atoms with E-state index in [0.717, 1.165) is 37.8 Å². The van der Waals surface area contributed by atoms with Gasteiger partial charge in [-0.25, -0.2) is 0 Å². The van der Waals surface area contributed by atoms with Crippen molar-refractivity contribution in [3.8, 4) is 5.75 Å². The highest BCUT2D eigenvalue weighted by atomic mass is 19.4. The first-order valence-electron chi connectivity index (χ1n) is 8.78. The van der Waals surface area contributed by atoms with Crippen LogP contribution in [0.2, 0.25) is 0 Å². The lowest BCUT2D eigenvalue weighted by molar-refractivity contribution is -0.139. The van der Waals surface area contributed by atoms with Crippen molar-refractivity contribution >= 4 is 5.91 Å². The Balaban J connectivity index is 1.56. The Hall–Kier alpha value is -2.48. The van der Waals surface area contributed by atoms with Gasteiger partial charge in [0.1, 0.15) is 11.5 Å². The third-order valence-electron chi connectivity index (χ3n) is 4.50. The van der Waals surface area contributed by atoms with E-state index in [1.165, 1.54) is 18.2 Å². The van der Waals surface area contributed by atoms with Crippen molar-refractivity contribution in [2.75, 3.05) is 26.2 Å². The van der Waals surface area contributed by atoms with Crippen LogP contribution in [-0.2, 0) is 11.0 Å². The summed E-state index contributed by atoms with van der Waals surface area (Å²) < 4.78 is 49.5. The summed E-state index contributed by atoms with van der Waals surface area (Å²) in [6, 6.07) is 8.37.